The SMILES string of the molecule is COc1ccc(C2CC2)c2c1C(C(=O)NS(=O)(=O)c1cccc3ccccc13)CCO2. The van der Waals surface area contributed by atoms with Crippen molar-refractivity contribution in [3.05, 3.63) is 65.7 Å². The summed E-state index contributed by atoms with van der Waals surface area (Å²) in [6, 6.07) is 16.1. The number of fused-ring (bicyclic) bond motifs is 2. The molecular weight excluding hydrogens is 414 g/mol. The van der Waals surface area contributed by atoms with Crippen molar-refractivity contribution < 1.29 is 22.7 Å². The predicted molar refractivity (Wildman–Crippen MR) is 117 cm³/mol. The molecule has 160 valence electrons. The lowest BCUT2D eigenvalue weighted by Crippen LogP contribution is -2.37. The van der Waals surface area contributed by atoms with Crippen LogP contribution >= 0.6 is 0 Å². The Bertz CT molecular complexity index is 1280. The lowest BCUT2D eigenvalue weighted by atomic mass is 9.89. The van der Waals surface area contributed by atoms with Gasteiger partial charge in [0.25, 0.3) is 10.0 Å². The molecule has 0 bridgehead atoms. The van der Waals surface area contributed by atoms with Crippen LogP contribution in [-0.4, -0.2) is 28.0 Å². The molecule has 2 aliphatic rings. The number of hydrogen-bond donors (Lipinski definition) is 1. The number of ether oxygens (including phenoxy) is 2. The van der Waals surface area contributed by atoms with Crippen LogP contribution in [0.2, 0.25) is 0 Å². The van der Waals surface area contributed by atoms with Crippen LogP contribution in [0.5, 0.6) is 11.5 Å². The van der Waals surface area contributed by atoms with Crippen molar-refractivity contribution in [1.29, 1.82) is 0 Å². The van der Waals surface area contributed by atoms with Crippen molar-refractivity contribution >= 4 is 26.7 Å². The first-order chi connectivity index (χ1) is 15.0. The molecule has 31 heavy (non-hydrogen) atoms. The van der Waals surface area contributed by atoms with Gasteiger partial charge in [-0.1, -0.05) is 42.5 Å². The summed E-state index contributed by atoms with van der Waals surface area (Å²) < 4.78 is 40.1. The Morgan fingerprint density at radius 2 is 1.81 bits per heavy atom. The molecule has 3 aromatic carbocycles. The summed E-state index contributed by atoms with van der Waals surface area (Å²) in [5.41, 5.74) is 1.72. The van der Waals surface area contributed by atoms with E-state index in [-0.39, 0.29) is 4.90 Å². The topological polar surface area (TPSA) is 81.7 Å². The fourth-order valence-electron chi connectivity index (χ4n) is 4.36. The second kappa shape index (κ2) is 7.57. The zero-order valence-electron chi connectivity index (χ0n) is 17.1. The highest BCUT2D eigenvalue weighted by atomic mass is 32.2. The van der Waals surface area contributed by atoms with E-state index in [1.54, 1.807) is 25.3 Å². The highest BCUT2D eigenvalue weighted by Gasteiger charge is 2.37. The standard InChI is InChI=1S/C24H23NO5S/c1-29-20-12-11-18(16-9-10-16)23-22(20)19(13-14-30-23)24(26)25-31(27,28)21-8-4-6-15-5-2-3-7-17(15)21/h2-8,11-12,16,19H,9-10,13-14H2,1H3,(H,25,26). The van der Waals surface area contributed by atoms with E-state index in [0.717, 1.165) is 23.8 Å². The van der Waals surface area contributed by atoms with Gasteiger partial charge in [0, 0.05) is 10.9 Å². The van der Waals surface area contributed by atoms with Gasteiger partial charge in [-0.25, -0.2) is 13.1 Å². The van der Waals surface area contributed by atoms with Gasteiger partial charge in [0.15, 0.2) is 0 Å². The number of rotatable bonds is 5. The van der Waals surface area contributed by atoms with Gasteiger partial charge in [-0.3, -0.25) is 4.79 Å². The van der Waals surface area contributed by atoms with Crippen LogP contribution < -0.4 is 14.2 Å². The van der Waals surface area contributed by atoms with E-state index >= 15 is 0 Å². The molecule has 1 heterocycles. The third kappa shape index (κ3) is 3.53. The van der Waals surface area contributed by atoms with E-state index in [0.29, 0.717) is 41.4 Å². The number of methoxy groups -OCH3 is 1. The van der Waals surface area contributed by atoms with E-state index in [1.165, 1.54) is 6.07 Å². The molecule has 1 amide bonds. The largest absolute Gasteiger partial charge is 0.496 e. The van der Waals surface area contributed by atoms with Gasteiger partial charge in [0.2, 0.25) is 5.91 Å². The Morgan fingerprint density at radius 1 is 1.03 bits per heavy atom. The summed E-state index contributed by atoms with van der Waals surface area (Å²) in [6.07, 6.45) is 2.57. The maximum absolute atomic E-state index is 13.2. The Morgan fingerprint density at radius 3 is 2.58 bits per heavy atom. The van der Waals surface area contributed by atoms with E-state index in [4.69, 9.17) is 9.47 Å². The monoisotopic (exact) mass is 437 g/mol. The van der Waals surface area contributed by atoms with Gasteiger partial charge in [-0.2, -0.15) is 0 Å². The number of benzene rings is 3. The molecule has 0 aromatic heterocycles. The molecule has 1 aliphatic heterocycles. The fraction of sp³-hybridized carbons (Fsp3) is 0.292. The van der Waals surface area contributed by atoms with Crippen LogP contribution in [0.3, 0.4) is 0 Å². The molecule has 1 aliphatic carbocycles. The molecular formula is C24H23NO5S. The first-order valence-corrected chi connectivity index (χ1v) is 11.9. The molecule has 0 radical (unpaired) electrons. The van der Waals surface area contributed by atoms with Gasteiger partial charge in [0.1, 0.15) is 11.5 Å². The van der Waals surface area contributed by atoms with Gasteiger partial charge in [-0.05, 0) is 48.3 Å². The number of amides is 1. The Balaban J connectivity index is 1.51. The van der Waals surface area contributed by atoms with Crippen LogP contribution in [-0.2, 0) is 14.8 Å². The summed E-state index contributed by atoms with van der Waals surface area (Å²) >= 11 is 0. The van der Waals surface area contributed by atoms with Crippen LogP contribution in [0.4, 0.5) is 0 Å². The van der Waals surface area contributed by atoms with Crippen molar-refractivity contribution in [3.63, 3.8) is 0 Å². The second-order valence-electron chi connectivity index (χ2n) is 8.01. The van der Waals surface area contributed by atoms with Gasteiger partial charge in [0.05, 0.1) is 24.5 Å². The number of nitrogens with one attached hydrogen (secondary N) is 1. The van der Waals surface area contributed by atoms with Crippen LogP contribution in [0.15, 0.2) is 59.5 Å². The molecule has 5 rings (SSSR count). The quantitative estimate of drug-likeness (QED) is 0.650. The molecule has 6 nitrogen and oxygen atoms in total. The molecule has 0 spiro atoms. The average Bonchev–Trinajstić information content (AvgIpc) is 3.62. The minimum Gasteiger partial charge on any atom is -0.496 e. The van der Waals surface area contributed by atoms with E-state index in [9.17, 15) is 13.2 Å². The van der Waals surface area contributed by atoms with Crippen LogP contribution in [0.25, 0.3) is 10.8 Å². The lowest BCUT2D eigenvalue weighted by molar-refractivity contribution is -0.121. The zero-order chi connectivity index (χ0) is 21.6. The van der Waals surface area contributed by atoms with Crippen molar-refractivity contribution in [2.75, 3.05) is 13.7 Å². The van der Waals surface area contributed by atoms with Crippen LogP contribution in [0.1, 0.15) is 42.2 Å². The van der Waals surface area contributed by atoms with Crippen LogP contribution in [0, 0.1) is 0 Å². The summed E-state index contributed by atoms with van der Waals surface area (Å²) in [4.78, 5) is 13.3. The number of carbonyl (C=O) groups excluding carboxylic acids is 1. The molecule has 1 fully saturated rings. The van der Waals surface area contributed by atoms with E-state index < -0.39 is 21.8 Å². The summed E-state index contributed by atoms with van der Waals surface area (Å²) in [5, 5.41) is 1.37. The minimum atomic E-state index is -4.05. The third-order valence-electron chi connectivity index (χ3n) is 6.02. The van der Waals surface area contributed by atoms with E-state index in [1.807, 2.05) is 30.3 Å². The van der Waals surface area contributed by atoms with Gasteiger partial charge < -0.3 is 9.47 Å². The van der Waals surface area contributed by atoms with E-state index in [2.05, 4.69) is 4.72 Å². The molecule has 1 atom stereocenters. The molecule has 1 unspecified atom stereocenters. The summed E-state index contributed by atoms with van der Waals surface area (Å²) in [7, 11) is -2.51. The van der Waals surface area contributed by atoms with Gasteiger partial charge in [-0.15, -0.1) is 0 Å². The first kappa shape index (κ1) is 19.9. The molecule has 1 saturated carbocycles. The summed E-state index contributed by atoms with van der Waals surface area (Å²) in [6.45, 7) is 0.353. The fourth-order valence-corrected chi connectivity index (χ4v) is 5.61. The molecule has 7 heteroatoms. The maximum Gasteiger partial charge on any atom is 0.264 e. The third-order valence-corrected chi connectivity index (χ3v) is 7.42. The first-order valence-electron chi connectivity index (χ1n) is 10.4. The number of hydrogen-bond acceptors (Lipinski definition) is 5. The Hall–Kier alpha value is -3.06. The Kier molecular flexibility index (Phi) is 4.85. The van der Waals surface area contributed by atoms with Crippen molar-refractivity contribution in [3.8, 4) is 11.5 Å². The number of sulfonamides is 1. The molecule has 1 N–H and O–H groups in total. The normalized spacial score (nSPS) is 18.2. The smallest absolute Gasteiger partial charge is 0.264 e. The zero-order valence-corrected chi connectivity index (χ0v) is 17.9. The van der Waals surface area contributed by atoms with Crippen molar-refractivity contribution in [1.82, 2.24) is 4.72 Å². The van der Waals surface area contributed by atoms with Gasteiger partial charge >= 0.3 is 0 Å². The molecule has 0 saturated heterocycles. The second-order valence-corrected chi connectivity index (χ2v) is 9.66. The average molecular weight is 438 g/mol. The summed E-state index contributed by atoms with van der Waals surface area (Å²) in [5.74, 6) is 0.421. The number of carbonyl (C=O) groups is 1. The van der Waals surface area contributed by atoms with Crippen molar-refractivity contribution in [2.24, 2.45) is 0 Å². The predicted octanol–water partition coefficient (Wildman–Crippen LogP) is 4.10. The lowest BCUT2D eigenvalue weighted by Gasteiger charge is -2.28. The van der Waals surface area contributed by atoms with Crippen molar-refractivity contribution in [2.45, 2.75) is 36.0 Å². The minimum absolute atomic E-state index is 0.0879. The maximum atomic E-state index is 13.2. The highest BCUT2D eigenvalue weighted by Crippen LogP contribution is 2.51. The Labute approximate surface area is 181 Å². The highest BCUT2D eigenvalue weighted by molar-refractivity contribution is 7.90. The molecule has 3 aromatic rings.